The normalized spacial score (nSPS) is 15.4. The third-order valence-corrected chi connectivity index (χ3v) is 3.83. The van der Waals surface area contributed by atoms with Gasteiger partial charge >= 0.3 is 0 Å². The quantitative estimate of drug-likeness (QED) is 0.884. The van der Waals surface area contributed by atoms with E-state index in [-0.39, 0.29) is 0 Å². The molecule has 0 spiro atoms. The van der Waals surface area contributed by atoms with Gasteiger partial charge in [-0.25, -0.2) is 0 Å². The minimum absolute atomic E-state index is 0.763. The Labute approximate surface area is 104 Å². The van der Waals surface area contributed by atoms with E-state index in [1.54, 1.807) is 17.6 Å². The second-order valence-electron chi connectivity index (χ2n) is 4.43. The van der Waals surface area contributed by atoms with Crippen LogP contribution in [0.5, 0.6) is 0 Å². The number of aromatic nitrogens is 2. The number of nitrogens with zero attached hydrogens (tertiary/aromatic N) is 2. The summed E-state index contributed by atoms with van der Waals surface area (Å²) >= 11 is 1.65. The first-order valence-electron chi connectivity index (χ1n) is 5.92. The van der Waals surface area contributed by atoms with Crippen LogP contribution in [-0.4, -0.2) is 22.8 Å². The minimum atomic E-state index is 0.763. The standard InChI is InChI=1S/C12H15N3OS/c1-8-6-9(7-16-8)12-15-14-11(17-12)4-5-13-10-2-3-10/h6-7,10,13H,2-5H2,1H3. The molecule has 2 aromatic rings. The lowest BCUT2D eigenvalue weighted by atomic mass is 10.3. The average Bonchev–Trinajstić information content (AvgIpc) is 2.85. The fraction of sp³-hybridized carbons (Fsp3) is 0.500. The summed E-state index contributed by atoms with van der Waals surface area (Å²) in [6.07, 6.45) is 5.36. The maximum atomic E-state index is 5.28. The molecule has 1 fully saturated rings. The van der Waals surface area contributed by atoms with Gasteiger partial charge in [-0.1, -0.05) is 11.3 Å². The molecule has 0 amide bonds. The zero-order chi connectivity index (χ0) is 11.7. The summed E-state index contributed by atoms with van der Waals surface area (Å²) in [4.78, 5) is 0. The van der Waals surface area contributed by atoms with Crippen molar-refractivity contribution in [3.05, 3.63) is 23.1 Å². The fourth-order valence-corrected chi connectivity index (χ4v) is 2.51. The van der Waals surface area contributed by atoms with Gasteiger partial charge in [0.25, 0.3) is 0 Å². The molecule has 1 saturated carbocycles. The Kier molecular flexibility index (Phi) is 2.94. The van der Waals surface area contributed by atoms with Crippen molar-refractivity contribution in [3.63, 3.8) is 0 Å². The summed E-state index contributed by atoms with van der Waals surface area (Å²) in [7, 11) is 0. The number of furan rings is 1. The van der Waals surface area contributed by atoms with Gasteiger partial charge in [-0.05, 0) is 25.8 Å². The van der Waals surface area contributed by atoms with Crippen LogP contribution in [0.1, 0.15) is 23.6 Å². The van der Waals surface area contributed by atoms with Crippen LogP contribution in [0.4, 0.5) is 0 Å². The number of rotatable bonds is 5. The van der Waals surface area contributed by atoms with E-state index in [4.69, 9.17) is 4.42 Å². The Hall–Kier alpha value is -1.20. The Bertz CT molecular complexity index is 501. The Balaban J connectivity index is 1.61. The van der Waals surface area contributed by atoms with E-state index in [0.717, 1.165) is 40.3 Å². The van der Waals surface area contributed by atoms with Crippen LogP contribution in [-0.2, 0) is 6.42 Å². The Morgan fingerprint density at radius 3 is 3.06 bits per heavy atom. The molecular formula is C12H15N3OS. The largest absolute Gasteiger partial charge is 0.469 e. The topological polar surface area (TPSA) is 51.0 Å². The fourth-order valence-electron chi connectivity index (χ4n) is 1.70. The van der Waals surface area contributed by atoms with Gasteiger partial charge in [0.1, 0.15) is 17.0 Å². The van der Waals surface area contributed by atoms with Gasteiger partial charge in [-0.15, -0.1) is 10.2 Å². The highest BCUT2D eigenvalue weighted by molar-refractivity contribution is 7.14. The zero-order valence-electron chi connectivity index (χ0n) is 9.77. The van der Waals surface area contributed by atoms with Gasteiger partial charge in [-0.2, -0.15) is 0 Å². The lowest BCUT2D eigenvalue weighted by Crippen LogP contribution is -2.19. The van der Waals surface area contributed by atoms with E-state index >= 15 is 0 Å². The number of aryl methyl sites for hydroxylation is 1. The molecule has 4 nitrogen and oxygen atoms in total. The van der Waals surface area contributed by atoms with Crippen molar-refractivity contribution in [1.82, 2.24) is 15.5 Å². The van der Waals surface area contributed by atoms with Crippen LogP contribution in [0.25, 0.3) is 10.6 Å². The molecule has 1 aliphatic carbocycles. The van der Waals surface area contributed by atoms with Crippen molar-refractivity contribution in [2.45, 2.75) is 32.2 Å². The summed E-state index contributed by atoms with van der Waals surface area (Å²) in [5, 5.41) is 13.9. The molecule has 90 valence electrons. The zero-order valence-corrected chi connectivity index (χ0v) is 10.6. The minimum Gasteiger partial charge on any atom is -0.469 e. The molecule has 5 heteroatoms. The average molecular weight is 249 g/mol. The molecule has 2 heterocycles. The molecule has 0 radical (unpaired) electrons. The van der Waals surface area contributed by atoms with E-state index < -0.39 is 0 Å². The van der Waals surface area contributed by atoms with Gasteiger partial charge in [0.2, 0.25) is 0 Å². The third kappa shape index (κ3) is 2.73. The smallest absolute Gasteiger partial charge is 0.151 e. The van der Waals surface area contributed by atoms with Gasteiger partial charge in [-0.3, -0.25) is 0 Å². The predicted octanol–water partition coefficient (Wildman–Crippen LogP) is 2.40. The van der Waals surface area contributed by atoms with E-state index in [2.05, 4.69) is 15.5 Å². The number of nitrogens with one attached hydrogen (secondary N) is 1. The lowest BCUT2D eigenvalue weighted by molar-refractivity contribution is 0.535. The van der Waals surface area contributed by atoms with Crippen LogP contribution in [0.2, 0.25) is 0 Å². The summed E-state index contributed by atoms with van der Waals surface area (Å²) in [5.74, 6) is 0.909. The van der Waals surface area contributed by atoms with E-state index in [1.807, 2.05) is 13.0 Å². The summed E-state index contributed by atoms with van der Waals surface area (Å²) in [5.41, 5.74) is 1.03. The number of hydrogen-bond acceptors (Lipinski definition) is 5. The van der Waals surface area contributed by atoms with Crippen LogP contribution >= 0.6 is 11.3 Å². The Morgan fingerprint density at radius 2 is 2.35 bits per heavy atom. The first-order chi connectivity index (χ1) is 8.31. The highest BCUT2D eigenvalue weighted by Crippen LogP contribution is 2.25. The molecule has 0 saturated heterocycles. The molecule has 0 unspecified atom stereocenters. The monoisotopic (exact) mass is 249 g/mol. The molecule has 17 heavy (non-hydrogen) atoms. The molecule has 1 aliphatic rings. The molecule has 0 aromatic carbocycles. The van der Waals surface area contributed by atoms with Crippen LogP contribution in [0, 0.1) is 6.92 Å². The molecule has 2 aromatic heterocycles. The molecular weight excluding hydrogens is 234 g/mol. The first kappa shape index (κ1) is 10.9. The van der Waals surface area contributed by atoms with Crippen molar-refractivity contribution in [2.75, 3.05) is 6.54 Å². The summed E-state index contributed by atoms with van der Waals surface area (Å²) in [6.45, 7) is 2.94. The van der Waals surface area contributed by atoms with Crippen molar-refractivity contribution in [3.8, 4) is 10.6 Å². The molecule has 0 atom stereocenters. The SMILES string of the molecule is Cc1cc(-c2nnc(CCNC3CC3)s2)co1. The molecule has 3 rings (SSSR count). The van der Waals surface area contributed by atoms with Crippen molar-refractivity contribution >= 4 is 11.3 Å². The lowest BCUT2D eigenvalue weighted by Gasteiger charge is -1.97. The maximum absolute atomic E-state index is 5.28. The third-order valence-electron chi connectivity index (χ3n) is 2.79. The van der Waals surface area contributed by atoms with Crippen LogP contribution < -0.4 is 5.32 Å². The van der Waals surface area contributed by atoms with Gasteiger partial charge in [0.15, 0.2) is 5.01 Å². The Morgan fingerprint density at radius 1 is 1.47 bits per heavy atom. The second kappa shape index (κ2) is 4.58. The van der Waals surface area contributed by atoms with Crippen LogP contribution in [0.3, 0.4) is 0 Å². The second-order valence-corrected chi connectivity index (χ2v) is 5.49. The number of hydrogen-bond donors (Lipinski definition) is 1. The maximum Gasteiger partial charge on any atom is 0.151 e. The van der Waals surface area contributed by atoms with Crippen molar-refractivity contribution in [1.29, 1.82) is 0 Å². The van der Waals surface area contributed by atoms with E-state index in [9.17, 15) is 0 Å². The highest BCUT2D eigenvalue weighted by Gasteiger charge is 2.20. The van der Waals surface area contributed by atoms with E-state index in [0.29, 0.717) is 0 Å². The van der Waals surface area contributed by atoms with Gasteiger partial charge in [0, 0.05) is 19.0 Å². The molecule has 0 bridgehead atoms. The summed E-state index contributed by atoms with van der Waals surface area (Å²) in [6, 6.07) is 2.76. The molecule has 0 aliphatic heterocycles. The molecule has 1 N–H and O–H groups in total. The highest BCUT2D eigenvalue weighted by atomic mass is 32.1. The first-order valence-corrected chi connectivity index (χ1v) is 6.74. The van der Waals surface area contributed by atoms with Gasteiger partial charge < -0.3 is 9.73 Å². The van der Waals surface area contributed by atoms with Crippen LogP contribution in [0.15, 0.2) is 16.7 Å². The predicted molar refractivity (Wildman–Crippen MR) is 67.1 cm³/mol. The van der Waals surface area contributed by atoms with E-state index in [1.165, 1.54) is 12.8 Å². The van der Waals surface area contributed by atoms with Crippen molar-refractivity contribution in [2.24, 2.45) is 0 Å². The van der Waals surface area contributed by atoms with Gasteiger partial charge in [0.05, 0.1) is 5.56 Å². The van der Waals surface area contributed by atoms with Crippen molar-refractivity contribution < 1.29 is 4.42 Å². The summed E-state index contributed by atoms with van der Waals surface area (Å²) < 4.78 is 5.28.